The van der Waals surface area contributed by atoms with Crippen LogP contribution in [0.4, 0.5) is 10.8 Å². The molecule has 2 heterocycles. The van der Waals surface area contributed by atoms with E-state index in [2.05, 4.69) is 15.3 Å². The van der Waals surface area contributed by atoms with E-state index in [1.54, 1.807) is 12.1 Å². The van der Waals surface area contributed by atoms with E-state index in [1.165, 1.54) is 34.8 Å². The second-order valence-electron chi connectivity index (χ2n) is 5.29. The zero-order valence-electron chi connectivity index (χ0n) is 13.5. The molecular weight excluding hydrogens is 380 g/mol. The van der Waals surface area contributed by atoms with Crippen LogP contribution in [0.25, 0.3) is 10.6 Å². The lowest BCUT2D eigenvalue weighted by Gasteiger charge is -2.03. The van der Waals surface area contributed by atoms with Gasteiger partial charge in [-0.15, -0.1) is 11.3 Å². The van der Waals surface area contributed by atoms with E-state index >= 15 is 0 Å². The quantitative estimate of drug-likeness (QED) is 0.610. The SMILES string of the molecule is Cc1nc(C)c(-c2nc(Nc3ccc(S(N)(=O)=O)cc3)sc2CO)s1. The predicted molar refractivity (Wildman–Crippen MR) is 99.7 cm³/mol. The average Bonchev–Trinajstić information content (AvgIpc) is 3.09. The third kappa shape index (κ3) is 3.88. The smallest absolute Gasteiger partial charge is 0.238 e. The van der Waals surface area contributed by atoms with Crippen LogP contribution in [0, 0.1) is 13.8 Å². The standard InChI is InChI=1S/C15H16N4O3S3/c1-8-14(23-9(2)17-8)13-12(7-20)24-15(19-13)18-10-3-5-11(6-4-10)25(16,21)22/h3-6,20H,7H2,1-2H3,(H,18,19)(H2,16,21,22). The largest absolute Gasteiger partial charge is 0.391 e. The number of benzene rings is 1. The Labute approximate surface area is 153 Å². The molecule has 0 aliphatic heterocycles. The number of hydrogen-bond acceptors (Lipinski definition) is 8. The fourth-order valence-electron chi connectivity index (χ4n) is 2.29. The molecule has 0 fully saturated rings. The summed E-state index contributed by atoms with van der Waals surface area (Å²) in [6.45, 7) is 3.73. The summed E-state index contributed by atoms with van der Waals surface area (Å²) in [6.07, 6.45) is 0. The predicted octanol–water partition coefficient (Wildman–Crippen LogP) is 2.77. The monoisotopic (exact) mass is 396 g/mol. The second-order valence-corrected chi connectivity index (χ2v) is 9.14. The molecule has 7 nitrogen and oxygen atoms in total. The molecule has 0 aliphatic rings. The third-order valence-electron chi connectivity index (χ3n) is 3.39. The summed E-state index contributed by atoms with van der Waals surface area (Å²) in [6, 6.07) is 6.08. The molecule has 0 aliphatic carbocycles. The Morgan fingerprint density at radius 3 is 2.36 bits per heavy atom. The summed E-state index contributed by atoms with van der Waals surface area (Å²) in [5.41, 5.74) is 2.28. The van der Waals surface area contributed by atoms with Gasteiger partial charge in [0.15, 0.2) is 5.13 Å². The highest BCUT2D eigenvalue weighted by molar-refractivity contribution is 7.89. The zero-order valence-corrected chi connectivity index (χ0v) is 15.9. The van der Waals surface area contributed by atoms with Crippen molar-refractivity contribution in [1.29, 1.82) is 0 Å². The van der Waals surface area contributed by atoms with E-state index in [4.69, 9.17) is 5.14 Å². The fraction of sp³-hybridized carbons (Fsp3) is 0.200. The molecule has 0 spiro atoms. The van der Waals surface area contributed by atoms with Crippen LogP contribution in [0.15, 0.2) is 29.2 Å². The van der Waals surface area contributed by atoms with Crippen LogP contribution in [0.1, 0.15) is 15.6 Å². The molecule has 0 saturated heterocycles. The van der Waals surface area contributed by atoms with Gasteiger partial charge in [0, 0.05) is 5.69 Å². The molecule has 10 heteroatoms. The number of anilines is 2. The third-order valence-corrected chi connectivity index (χ3v) is 6.36. The van der Waals surface area contributed by atoms with Gasteiger partial charge < -0.3 is 10.4 Å². The van der Waals surface area contributed by atoms with Gasteiger partial charge in [-0.2, -0.15) is 0 Å². The normalized spacial score (nSPS) is 11.7. The Hall–Kier alpha value is -1.85. The van der Waals surface area contributed by atoms with E-state index in [0.29, 0.717) is 10.8 Å². The van der Waals surface area contributed by atoms with Crippen molar-refractivity contribution < 1.29 is 13.5 Å². The average molecular weight is 397 g/mol. The highest BCUT2D eigenvalue weighted by Gasteiger charge is 2.17. The van der Waals surface area contributed by atoms with E-state index < -0.39 is 10.0 Å². The van der Waals surface area contributed by atoms with Crippen molar-refractivity contribution >= 4 is 43.5 Å². The molecule has 3 aromatic rings. The minimum atomic E-state index is -3.72. The zero-order chi connectivity index (χ0) is 18.2. The van der Waals surface area contributed by atoms with Gasteiger partial charge in [-0.25, -0.2) is 23.5 Å². The highest BCUT2D eigenvalue weighted by Crippen LogP contribution is 2.37. The molecule has 132 valence electrons. The molecule has 25 heavy (non-hydrogen) atoms. The number of aromatic nitrogens is 2. The minimum absolute atomic E-state index is 0.0460. The van der Waals surface area contributed by atoms with E-state index in [-0.39, 0.29) is 11.5 Å². The van der Waals surface area contributed by atoms with E-state index in [1.807, 2.05) is 13.8 Å². The topological polar surface area (TPSA) is 118 Å². The first-order chi connectivity index (χ1) is 11.8. The number of primary sulfonamides is 1. The maximum atomic E-state index is 11.3. The van der Waals surface area contributed by atoms with Crippen LogP contribution in [-0.4, -0.2) is 23.5 Å². The Kier molecular flexibility index (Phi) is 4.89. The van der Waals surface area contributed by atoms with Gasteiger partial charge >= 0.3 is 0 Å². The molecule has 0 amide bonds. The van der Waals surface area contributed by atoms with Crippen molar-refractivity contribution in [1.82, 2.24) is 9.97 Å². The van der Waals surface area contributed by atoms with Crippen molar-refractivity contribution in [2.75, 3.05) is 5.32 Å². The number of rotatable bonds is 5. The van der Waals surface area contributed by atoms with Crippen LogP contribution in [0.5, 0.6) is 0 Å². The van der Waals surface area contributed by atoms with Crippen molar-refractivity contribution in [3.8, 4) is 10.6 Å². The van der Waals surface area contributed by atoms with E-state index in [9.17, 15) is 13.5 Å². The Morgan fingerprint density at radius 2 is 1.84 bits per heavy atom. The maximum Gasteiger partial charge on any atom is 0.238 e. The number of nitrogens with zero attached hydrogens (tertiary/aromatic N) is 2. The van der Waals surface area contributed by atoms with Crippen LogP contribution in [-0.2, 0) is 16.6 Å². The van der Waals surface area contributed by atoms with Crippen LogP contribution < -0.4 is 10.5 Å². The molecule has 3 rings (SSSR count). The maximum absolute atomic E-state index is 11.3. The first-order valence-corrected chi connectivity index (χ1v) is 10.4. The Morgan fingerprint density at radius 1 is 1.16 bits per heavy atom. The minimum Gasteiger partial charge on any atom is -0.391 e. The molecule has 2 aromatic heterocycles. The van der Waals surface area contributed by atoms with Gasteiger partial charge in [-0.1, -0.05) is 11.3 Å². The van der Waals surface area contributed by atoms with Gasteiger partial charge in [-0.3, -0.25) is 0 Å². The van der Waals surface area contributed by atoms with E-state index in [0.717, 1.165) is 26.1 Å². The fourth-order valence-corrected chi connectivity index (χ4v) is 4.66. The lowest BCUT2D eigenvalue weighted by molar-refractivity contribution is 0.286. The van der Waals surface area contributed by atoms with Crippen molar-refractivity contribution in [2.24, 2.45) is 5.14 Å². The van der Waals surface area contributed by atoms with Crippen LogP contribution in [0.2, 0.25) is 0 Å². The number of aliphatic hydroxyl groups excluding tert-OH is 1. The highest BCUT2D eigenvalue weighted by atomic mass is 32.2. The summed E-state index contributed by atoms with van der Waals surface area (Å²) in [7, 11) is -3.72. The van der Waals surface area contributed by atoms with Gasteiger partial charge in [-0.05, 0) is 38.1 Å². The summed E-state index contributed by atoms with van der Waals surface area (Å²) < 4.78 is 22.6. The summed E-state index contributed by atoms with van der Waals surface area (Å²) in [5.74, 6) is 0. The number of aliphatic hydroxyl groups is 1. The van der Waals surface area contributed by atoms with Crippen molar-refractivity contribution in [2.45, 2.75) is 25.3 Å². The lowest BCUT2D eigenvalue weighted by Crippen LogP contribution is -2.11. The lowest BCUT2D eigenvalue weighted by atomic mass is 10.3. The second kappa shape index (κ2) is 6.81. The molecule has 0 atom stereocenters. The summed E-state index contributed by atoms with van der Waals surface area (Å²) in [5, 5.41) is 19.4. The van der Waals surface area contributed by atoms with Crippen molar-refractivity contribution in [3.05, 3.63) is 39.8 Å². The first-order valence-electron chi connectivity index (χ1n) is 7.23. The van der Waals surface area contributed by atoms with Gasteiger partial charge in [0.1, 0.15) is 5.69 Å². The molecule has 0 radical (unpaired) electrons. The number of nitrogens with two attached hydrogens (primary N) is 1. The van der Waals surface area contributed by atoms with Gasteiger partial charge in [0.25, 0.3) is 0 Å². The Balaban J connectivity index is 1.90. The van der Waals surface area contributed by atoms with Gasteiger partial charge in [0.2, 0.25) is 10.0 Å². The van der Waals surface area contributed by atoms with Crippen LogP contribution in [0.3, 0.4) is 0 Å². The first kappa shape index (κ1) is 18.0. The van der Waals surface area contributed by atoms with Crippen molar-refractivity contribution in [3.63, 3.8) is 0 Å². The molecule has 1 aromatic carbocycles. The van der Waals surface area contributed by atoms with Gasteiger partial charge in [0.05, 0.1) is 32.0 Å². The summed E-state index contributed by atoms with van der Waals surface area (Å²) in [4.78, 5) is 10.7. The number of thiazole rings is 2. The molecule has 0 bridgehead atoms. The van der Waals surface area contributed by atoms with Crippen LogP contribution >= 0.6 is 22.7 Å². The Bertz CT molecular complexity index is 1010. The molecule has 4 N–H and O–H groups in total. The number of sulfonamides is 1. The molecular formula is C15H16N4O3S3. The number of nitrogens with one attached hydrogen (secondary N) is 1. The molecule has 0 unspecified atom stereocenters. The number of aryl methyl sites for hydroxylation is 2. The molecule has 0 saturated carbocycles. The summed E-state index contributed by atoms with van der Waals surface area (Å²) >= 11 is 2.88. The number of hydrogen-bond donors (Lipinski definition) is 3.